The van der Waals surface area contributed by atoms with Gasteiger partial charge in [-0.15, -0.1) is 11.3 Å². The summed E-state index contributed by atoms with van der Waals surface area (Å²) in [6, 6.07) is 10.8. The highest BCUT2D eigenvalue weighted by Crippen LogP contribution is 2.25. The van der Waals surface area contributed by atoms with Gasteiger partial charge in [0.25, 0.3) is 5.56 Å². The molecule has 0 saturated carbocycles. The first-order valence-electron chi connectivity index (χ1n) is 8.46. The highest BCUT2D eigenvalue weighted by molar-refractivity contribution is 7.99. The molecule has 142 valence electrons. The van der Waals surface area contributed by atoms with Gasteiger partial charge in [-0.05, 0) is 49.4 Å². The van der Waals surface area contributed by atoms with Crippen molar-refractivity contribution in [3.8, 4) is 0 Å². The predicted octanol–water partition coefficient (Wildman–Crippen LogP) is 4.52. The quantitative estimate of drug-likeness (QED) is 0.264. The van der Waals surface area contributed by atoms with Crippen molar-refractivity contribution in [2.24, 2.45) is 0 Å². The molecule has 0 unspecified atom stereocenters. The Hall–Kier alpha value is -2.71. The first kappa shape index (κ1) is 18.6. The van der Waals surface area contributed by atoms with Crippen LogP contribution in [0.25, 0.3) is 10.2 Å². The molecule has 0 atom stereocenters. The van der Waals surface area contributed by atoms with Crippen LogP contribution in [0.3, 0.4) is 0 Å². The van der Waals surface area contributed by atoms with Gasteiger partial charge in [0, 0.05) is 10.4 Å². The zero-order valence-electron chi connectivity index (χ0n) is 14.8. The number of thioether (sulfide) groups is 1. The van der Waals surface area contributed by atoms with Crippen LogP contribution in [0.4, 0.5) is 4.39 Å². The summed E-state index contributed by atoms with van der Waals surface area (Å²) in [7, 11) is 0. The first-order valence-corrected chi connectivity index (χ1v) is 10.3. The monoisotopic (exact) mass is 414 g/mol. The molecular formula is C20H15FN2O3S2. The molecule has 0 aliphatic rings. The Kier molecular flexibility index (Phi) is 5.15. The van der Waals surface area contributed by atoms with E-state index in [4.69, 9.17) is 4.42 Å². The normalized spacial score (nSPS) is 11.2. The molecule has 5 nitrogen and oxygen atoms in total. The van der Waals surface area contributed by atoms with Crippen molar-refractivity contribution in [1.82, 2.24) is 9.55 Å². The van der Waals surface area contributed by atoms with Gasteiger partial charge in [0.1, 0.15) is 16.4 Å². The molecule has 4 aromatic rings. The van der Waals surface area contributed by atoms with Gasteiger partial charge in [0.2, 0.25) is 0 Å². The number of hydrogen-bond acceptors (Lipinski definition) is 6. The number of benzene rings is 1. The molecule has 0 aliphatic heterocycles. The molecule has 0 N–H and O–H groups in total. The molecule has 3 heterocycles. The number of fused-ring (bicyclic) bond motifs is 1. The molecule has 0 radical (unpaired) electrons. The number of nitrogens with zero attached hydrogens (tertiary/aromatic N) is 2. The number of furan rings is 1. The molecular weight excluding hydrogens is 399 g/mol. The molecule has 1 aromatic carbocycles. The lowest BCUT2D eigenvalue weighted by Gasteiger charge is -2.10. The van der Waals surface area contributed by atoms with Gasteiger partial charge < -0.3 is 4.42 Å². The van der Waals surface area contributed by atoms with Crippen LogP contribution in [-0.2, 0) is 6.54 Å². The number of halogens is 1. The van der Waals surface area contributed by atoms with Crippen molar-refractivity contribution in [2.45, 2.75) is 18.6 Å². The van der Waals surface area contributed by atoms with E-state index in [1.165, 1.54) is 51.9 Å². The van der Waals surface area contributed by atoms with Crippen LogP contribution in [0.2, 0.25) is 0 Å². The molecule has 8 heteroatoms. The number of carbonyl (C=O) groups is 1. The Morgan fingerprint density at radius 3 is 2.79 bits per heavy atom. The Morgan fingerprint density at radius 2 is 2.07 bits per heavy atom. The van der Waals surface area contributed by atoms with Gasteiger partial charge in [0.05, 0.1) is 23.9 Å². The van der Waals surface area contributed by atoms with Crippen LogP contribution in [-0.4, -0.2) is 21.1 Å². The summed E-state index contributed by atoms with van der Waals surface area (Å²) in [5, 5.41) is 1.01. The number of ketones is 1. The van der Waals surface area contributed by atoms with Crippen molar-refractivity contribution < 1.29 is 13.6 Å². The van der Waals surface area contributed by atoms with E-state index in [9.17, 15) is 14.0 Å². The van der Waals surface area contributed by atoms with Gasteiger partial charge in [-0.1, -0.05) is 11.8 Å². The molecule has 4 rings (SSSR count). The second-order valence-electron chi connectivity index (χ2n) is 6.16. The summed E-state index contributed by atoms with van der Waals surface area (Å²) in [6.45, 7) is 2.16. The minimum absolute atomic E-state index is 0.0894. The summed E-state index contributed by atoms with van der Waals surface area (Å²) in [6.07, 6.45) is 1.55. The number of rotatable bonds is 6. The van der Waals surface area contributed by atoms with Crippen molar-refractivity contribution in [1.29, 1.82) is 0 Å². The fourth-order valence-electron chi connectivity index (χ4n) is 2.77. The minimum atomic E-state index is -0.392. The maximum Gasteiger partial charge on any atom is 0.263 e. The summed E-state index contributed by atoms with van der Waals surface area (Å²) >= 11 is 2.63. The molecule has 0 fully saturated rings. The van der Waals surface area contributed by atoms with E-state index in [0.717, 1.165) is 4.88 Å². The maximum absolute atomic E-state index is 13.1. The SMILES string of the molecule is Cc1cc2c(=O)n(Cc3ccco3)c(SCC(=O)c3ccc(F)cc3)nc2s1. The van der Waals surface area contributed by atoms with E-state index in [2.05, 4.69) is 4.98 Å². The second kappa shape index (κ2) is 7.73. The molecule has 0 bridgehead atoms. The molecule has 3 aromatic heterocycles. The van der Waals surface area contributed by atoms with Crippen LogP contribution in [0, 0.1) is 12.7 Å². The highest BCUT2D eigenvalue weighted by atomic mass is 32.2. The molecule has 0 spiro atoms. The van der Waals surface area contributed by atoms with E-state index in [1.807, 2.05) is 13.0 Å². The van der Waals surface area contributed by atoms with Crippen molar-refractivity contribution in [3.63, 3.8) is 0 Å². The van der Waals surface area contributed by atoms with Gasteiger partial charge in [-0.25, -0.2) is 9.37 Å². The minimum Gasteiger partial charge on any atom is -0.467 e. The Bertz CT molecular complexity index is 1190. The third-order valence-corrected chi connectivity index (χ3v) is 6.05. The Balaban J connectivity index is 1.67. The fraction of sp³-hybridized carbons (Fsp3) is 0.150. The predicted molar refractivity (Wildman–Crippen MR) is 108 cm³/mol. The topological polar surface area (TPSA) is 65.1 Å². The van der Waals surface area contributed by atoms with E-state index >= 15 is 0 Å². The van der Waals surface area contributed by atoms with Crippen LogP contribution in [0.1, 0.15) is 21.0 Å². The highest BCUT2D eigenvalue weighted by Gasteiger charge is 2.17. The lowest BCUT2D eigenvalue weighted by Crippen LogP contribution is -2.23. The van der Waals surface area contributed by atoms with Crippen molar-refractivity contribution >= 4 is 39.1 Å². The summed E-state index contributed by atoms with van der Waals surface area (Å²) in [5.74, 6) is 0.163. The summed E-state index contributed by atoms with van der Waals surface area (Å²) in [4.78, 5) is 31.7. The number of Topliss-reactive ketones (excluding diaryl/α,β-unsaturated/α-hetero) is 1. The van der Waals surface area contributed by atoms with Gasteiger partial charge in [-0.2, -0.15) is 0 Å². The van der Waals surface area contributed by atoms with Crippen LogP contribution >= 0.6 is 23.1 Å². The smallest absolute Gasteiger partial charge is 0.263 e. The zero-order chi connectivity index (χ0) is 19.7. The number of aromatic nitrogens is 2. The fourth-order valence-corrected chi connectivity index (χ4v) is 4.59. The van der Waals surface area contributed by atoms with E-state index in [-0.39, 0.29) is 23.6 Å². The van der Waals surface area contributed by atoms with Gasteiger partial charge in [-0.3, -0.25) is 14.2 Å². The van der Waals surface area contributed by atoms with Crippen molar-refractivity contribution in [3.05, 3.63) is 81.1 Å². The molecule has 0 amide bonds. The maximum atomic E-state index is 13.1. The Morgan fingerprint density at radius 1 is 1.29 bits per heavy atom. The molecule has 0 aliphatic carbocycles. The molecule has 0 saturated heterocycles. The number of aryl methyl sites for hydroxylation is 1. The van der Waals surface area contributed by atoms with Crippen LogP contribution in [0.15, 0.2) is 63.1 Å². The van der Waals surface area contributed by atoms with E-state index < -0.39 is 5.82 Å². The van der Waals surface area contributed by atoms with Gasteiger partial charge >= 0.3 is 0 Å². The first-order chi connectivity index (χ1) is 13.5. The largest absolute Gasteiger partial charge is 0.467 e. The number of carbonyl (C=O) groups excluding carboxylic acids is 1. The van der Waals surface area contributed by atoms with Crippen molar-refractivity contribution in [2.75, 3.05) is 5.75 Å². The Labute approximate surface area is 167 Å². The third kappa shape index (κ3) is 3.79. The average molecular weight is 414 g/mol. The summed E-state index contributed by atoms with van der Waals surface area (Å²) < 4.78 is 20.0. The lowest BCUT2D eigenvalue weighted by atomic mass is 10.1. The number of thiophene rings is 1. The van der Waals surface area contributed by atoms with Crippen LogP contribution in [0.5, 0.6) is 0 Å². The van der Waals surface area contributed by atoms with E-state index in [1.54, 1.807) is 18.4 Å². The standard InChI is InChI=1S/C20H15FN2O3S2/c1-12-9-16-18(28-12)22-20(23(19(16)25)10-15-3-2-8-26-15)27-11-17(24)13-4-6-14(21)7-5-13/h2-9H,10-11H2,1H3. The summed E-state index contributed by atoms with van der Waals surface area (Å²) in [5.41, 5.74) is 0.254. The third-order valence-electron chi connectivity index (χ3n) is 4.13. The zero-order valence-corrected chi connectivity index (χ0v) is 16.5. The van der Waals surface area contributed by atoms with Gasteiger partial charge in [0.15, 0.2) is 10.9 Å². The van der Waals surface area contributed by atoms with E-state index in [0.29, 0.717) is 26.7 Å². The molecule has 28 heavy (non-hydrogen) atoms. The lowest BCUT2D eigenvalue weighted by molar-refractivity contribution is 0.102. The second-order valence-corrected chi connectivity index (χ2v) is 8.34. The van der Waals surface area contributed by atoms with Crippen LogP contribution < -0.4 is 5.56 Å². The average Bonchev–Trinajstić information content (AvgIpc) is 3.32. The number of hydrogen-bond donors (Lipinski definition) is 0.